The standard InChI is InChI=1S/C27H22ClN3O5/c1-2-36-27(35)19-11-7-13-21(15-19)31-25(33)22(28)23(26(31)34)30-20-12-6-10-18(14-20)24(32)29-16-17-8-4-3-5-9-17/h3-15,30H,2,16H2,1H3,(H,29,32). The minimum Gasteiger partial charge on any atom is -0.462 e. The Balaban J connectivity index is 1.49. The summed E-state index contributed by atoms with van der Waals surface area (Å²) in [5.74, 6) is -2.29. The smallest absolute Gasteiger partial charge is 0.338 e. The molecule has 0 bridgehead atoms. The number of halogens is 1. The van der Waals surface area contributed by atoms with Gasteiger partial charge in [0.2, 0.25) is 0 Å². The highest BCUT2D eigenvalue weighted by Gasteiger charge is 2.39. The van der Waals surface area contributed by atoms with Crippen LogP contribution in [-0.2, 0) is 20.9 Å². The second-order valence-corrected chi connectivity index (χ2v) is 8.16. The molecule has 8 nitrogen and oxygen atoms in total. The first-order valence-corrected chi connectivity index (χ1v) is 11.5. The van der Waals surface area contributed by atoms with Crippen molar-refractivity contribution in [2.75, 3.05) is 16.8 Å². The van der Waals surface area contributed by atoms with Gasteiger partial charge >= 0.3 is 5.97 Å². The van der Waals surface area contributed by atoms with Crippen LogP contribution in [0.4, 0.5) is 11.4 Å². The number of nitrogens with one attached hydrogen (secondary N) is 2. The molecule has 0 saturated carbocycles. The highest BCUT2D eigenvalue weighted by Crippen LogP contribution is 2.31. The number of benzene rings is 3. The van der Waals surface area contributed by atoms with Crippen LogP contribution in [0.15, 0.2) is 89.6 Å². The van der Waals surface area contributed by atoms with E-state index in [0.717, 1.165) is 10.5 Å². The minimum atomic E-state index is -0.734. The Labute approximate surface area is 212 Å². The Morgan fingerprint density at radius 1 is 0.889 bits per heavy atom. The maximum absolute atomic E-state index is 13.1. The normalized spacial score (nSPS) is 13.1. The first-order chi connectivity index (χ1) is 17.4. The van der Waals surface area contributed by atoms with Crippen molar-refractivity contribution in [3.05, 3.63) is 106 Å². The molecule has 9 heteroatoms. The second-order valence-electron chi connectivity index (χ2n) is 7.78. The van der Waals surface area contributed by atoms with E-state index >= 15 is 0 Å². The quantitative estimate of drug-likeness (QED) is 0.352. The fourth-order valence-electron chi connectivity index (χ4n) is 3.60. The number of imide groups is 1. The molecule has 0 spiro atoms. The van der Waals surface area contributed by atoms with Crippen molar-refractivity contribution < 1.29 is 23.9 Å². The number of ether oxygens (including phenoxy) is 1. The van der Waals surface area contributed by atoms with Crippen molar-refractivity contribution in [3.8, 4) is 0 Å². The Hall–Kier alpha value is -4.43. The van der Waals surface area contributed by atoms with Crippen LogP contribution in [0.5, 0.6) is 0 Å². The lowest BCUT2D eigenvalue weighted by molar-refractivity contribution is -0.120. The molecule has 36 heavy (non-hydrogen) atoms. The van der Waals surface area contributed by atoms with Gasteiger partial charge in [-0.05, 0) is 48.9 Å². The molecule has 0 unspecified atom stereocenters. The van der Waals surface area contributed by atoms with Gasteiger partial charge in [-0.15, -0.1) is 0 Å². The van der Waals surface area contributed by atoms with E-state index in [9.17, 15) is 19.2 Å². The summed E-state index contributed by atoms with van der Waals surface area (Å²) >= 11 is 6.22. The molecule has 1 aliphatic heterocycles. The molecule has 0 aromatic heterocycles. The lowest BCUT2D eigenvalue weighted by Gasteiger charge is -2.16. The van der Waals surface area contributed by atoms with Crippen LogP contribution in [-0.4, -0.2) is 30.3 Å². The highest BCUT2D eigenvalue weighted by atomic mass is 35.5. The van der Waals surface area contributed by atoms with Gasteiger partial charge in [-0.1, -0.05) is 54.1 Å². The predicted octanol–water partition coefficient (Wildman–Crippen LogP) is 4.23. The van der Waals surface area contributed by atoms with E-state index in [1.54, 1.807) is 37.3 Å². The van der Waals surface area contributed by atoms with Gasteiger partial charge in [0.15, 0.2) is 0 Å². The monoisotopic (exact) mass is 503 g/mol. The van der Waals surface area contributed by atoms with Crippen molar-refractivity contribution in [3.63, 3.8) is 0 Å². The summed E-state index contributed by atoms with van der Waals surface area (Å²) in [6.45, 7) is 2.23. The molecule has 1 aliphatic rings. The first-order valence-electron chi connectivity index (χ1n) is 11.1. The van der Waals surface area contributed by atoms with Gasteiger partial charge in [0.1, 0.15) is 10.7 Å². The SMILES string of the molecule is CCOC(=O)c1cccc(N2C(=O)C(Cl)=C(Nc3cccc(C(=O)NCc4ccccc4)c3)C2=O)c1. The summed E-state index contributed by atoms with van der Waals surface area (Å²) in [5, 5.41) is 5.40. The summed E-state index contributed by atoms with van der Waals surface area (Å²) in [4.78, 5) is 51.5. The molecule has 3 aromatic rings. The second kappa shape index (κ2) is 10.9. The molecular formula is C27H22ClN3O5. The molecule has 0 atom stereocenters. The molecule has 3 aromatic carbocycles. The van der Waals surface area contributed by atoms with Crippen molar-refractivity contribution >= 4 is 46.7 Å². The molecule has 2 N–H and O–H groups in total. The van der Waals surface area contributed by atoms with Crippen LogP contribution >= 0.6 is 11.6 Å². The summed E-state index contributed by atoms with van der Waals surface area (Å²) in [6.07, 6.45) is 0. The molecule has 0 radical (unpaired) electrons. The summed E-state index contributed by atoms with van der Waals surface area (Å²) in [7, 11) is 0. The van der Waals surface area contributed by atoms with Gasteiger partial charge in [-0.3, -0.25) is 14.4 Å². The molecule has 3 amide bonds. The highest BCUT2D eigenvalue weighted by molar-refractivity contribution is 6.53. The fraction of sp³-hybridized carbons (Fsp3) is 0.111. The summed E-state index contributed by atoms with van der Waals surface area (Å²) in [5.41, 5.74) is 1.97. The summed E-state index contributed by atoms with van der Waals surface area (Å²) in [6, 6.07) is 21.9. The zero-order valence-electron chi connectivity index (χ0n) is 19.3. The van der Waals surface area contributed by atoms with Crippen LogP contribution in [0.1, 0.15) is 33.2 Å². The zero-order chi connectivity index (χ0) is 25.7. The topological polar surface area (TPSA) is 105 Å². The molecule has 0 fully saturated rings. The molecule has 4 rings (SSSR count). The Morgan fingerprint density at radius 3 is 2.36 bits per heavy atom. The van der Waals surface area contributed by atoms with Crippen LogP contribution in [0.25, 0.3) is 0 Å². The number of nitrogens with zero attached hydrogens (tertiary/aromatic N) is 1. The van der Waals surface area contributed by atoms with Crippen molar-refractivity contribution in [1.29, 1.82) is 0 Å². The largest absolute Gasteiger partial charge is 0.462 e. The van der Waals surface area contributed by atoms with Gasteiger partial charge < -0.3 is 15.4 Å². The lowest BCUT2D eigenvalue weighted by atomic mass is 10.1. The number of carbonyl (C=O) groups excluding carboxylic acids is 4. The first kappa shape index (κ1) is 24.7. The third-order valence-electron chi connectivity index (χ3n) is 5.33. The third kappa shape index (κ3) is 5.29. The fourth-order valence-corrected chi connectivity index (χ4v) is 3.81. The maximum Gasteiger partial charge on any atom is 0.338 e. The molecule has 182 valence electrons. The average molecular weight is 504 g/mol. The van der Waals surface area contributed by atoms with Crippen LogP contribution < -0.4 is 15.5 Å². The lowest BCUT2D eigenvalue weighted by Crippen LogP contribution is -2.32. The van der Waals surface area contributed by atoms with Gasteiger partial charge in [-0.25, -0.2) is 9.69 Å². The molecule has 1 heterocycles. The van der Waals surface area contributed by atoms with E-state index in [0.29, 0.717) is 17.8 Å². The molecular weight excluding hydrogens is 482 g/mol. The zero-order valence-corrected chi connectivity index (χ0v) is 20.0. The van der Waals surface area contributed by atoms with Gasteiger partial charge in [0, 0.05) is 17.8 Å². The molecule has 0 saturated heterocycles. The van der Waals surface area contributed by atoms with E-state index in [4.69, 9.17) is 16.3 Å². The van der Waals surface area contributed by atoms with Gasteiger partial charge in [-0.2, -0.15) is 0 Å². The number of rotatable bonds is 8. The van der Waals surface area contributed by atoms with E-state index in [-0.39, 0.29) is 34.5 Å². The number of carbonyl (C=O) groups is 4. The Morgan fingerprint density at radius 2 is 1.61 bits per heavy atom. The van der Waals surface area contributed by atoms with Crippen molar-refractivity contribution in [2.24, 2.45) is 0 Å². The van der Waals surface area contributed by atoms with Gasteiger partial charge in [0.05, 0.1) is 17.9 Å². The summed E-state index contributed by atoms with van der Waals surface area (Å²) < 4.78 is 4.98. The van der Waals surface area contributed by atoms with E-state index in [1.165, 1.54) is 18.2 Å². The number of hydrogen-bond donors (Lipinski definition) is 2. The van der Waals surface area contributed by atoms with Crippen molar-refractivity contribution in [1.82, 2.24) is 5.32 Å². The van der Waals surface area contributed by atoms with E-state index < -0.39 is 17.8 Å². The minimum absolute atomic E-state index is 0.134. The third-order valence-corrected chi connectivity index (χ3v) is 5.68. The van der Waals surface area contributed by atoms with Gasteiger partial charge in [0.25, 0.3) is 17.7 Å². The average Bonchev–Trinajstić information content (AvgIpc) is 3.11. The number of anilines is 2. The van der Waals surface area contributed by atoms with Crippen LogP contribution in [0.3, 0.4) is 0 Å². The maximum atomic E-state index is 13.1. The van der Waals surface area contributed by atoms with Crippen molar-refractivity contribution in [2.45, 2.75) is 13.5 Å². The van der Waals surface area contributed by atoms with E-state index in [2.05, 4.69) is 10.6 Å². The Kier molecular flexibility index (Phi) is 7.46. The molecule has 0 aliphatic carbocycles. The predicted molar refractivity (Wildman–Crippen MR) is 135 cm³/mol. The number of esters is 1. The number of hydrogen-bond acceptors (Lipinski definition) is 6. The van der Waals surface area contributed by atoms with E-state index in [1.807, 2.05) is 30.3 Å². The number of amides is 3. The van der Waals surface area contributed by atoms with Crippen LogP contribution in [0.2, 0.25) is 0 Å². The Bertz CT molecular complexity index is 1370. The van der Waals surface area contributed by atoms with Crippen LogP contribution in [0, 0.1) is 0 Å².